The van der Waals surface area contributed by atoms with E-state index in [4.69, 9.17) is 14.2 Å². The van der Waals surface area contributed by atoms with Gasteiger partial charge in [0.25, 0.3) is 0 Å². The maximum atomic E-state index is 11.5. The van der Waals surface area contributed by atoms with Crippen molar-refractivity contribution in [2.75, 3.05) is 26.4 Å². The fourth-order valence-electron chi connectivity index (χ4n) is 1.88. The van der Waals surface area contributed by atoms with Crippen molar-refractivity contribution in [3.8, 4) is 5.75 Å². The van der Waals surface area contributed by atoms with E-state index >= 15 is 0 Å². The van der Waals surface area contributed by atoms with Crippen molar-refractivity contribution in [1.29, 1.82) is 0 Å². The number of nitrogens with zero attached hydrogens (tertiary/aromatic N) is 1. The van der Waals surface area contributed by atoms with Crippen LogP contribution < -0.4 is 4.74 Å². The van der Waals surface area contributed by atoms with Crippen LogP contribution in [0.15, 0.2) is 24.3 Å². The Morgan fingerprint density at radius 3 is 2.33 bits per heavy atom. The Labute approximate surface area is 144 Å². The number of aliphatic hydroxyl groups is 1. The molecule has 1 aromatic rings. The van der Waals surface area contributed by atoms with E-state index in [1.54, 1.807) is 13.8 Å². The van der Waals surface area contributed by atoms with Crippen molar-refractivity contribution in [3.63, 3.8) is 0 Å². The van der Waals surface area contributed by atoms with Crippen molar-refractivity contribution in [1.82, 2.24) is 5.06 Å². The molecule has 0 radical (unpaired) electrons. The van der Waals surface area contributed by atoms with Gasteiger partial charge in [0.2, 0.25) is 0 Å². The van der Waals surface area contributed by atoms with Crippen LogP contribution in [0.25, 0.3) is 0 Å². The Morgan fingerprint density at radius 2 is 1.75 bits per heavy atom. The Hall–Kier alpha value is -1.18. The van der Waals surface area contributed by atoms with Crippen LogP contribution in [-0.4, -0.2) is 54.8 Å². The van der Waals surface area contributed by atoms with E-state index in [0.29, 0.717) is 25.6 Å². The summed E-state index contributed by atoms with van der Waals surface area (Å²) >= 11 is 0. The fourth-order valence-corrected chi connectivity index (χ4v) is 1.88. The lowest BCUT2D eigenvalue weighted by Crippen LogP contribution is -2.35. The Morgan fingerprint density at radius 1 is 1.08 bits per heavy atom. The van der Waals surface area contributed by atoms with Crippen LogP contribution in [0.5, 0.6) is 5.75 Å². The van der Waals surface area contributed by atoms with Crippen LogP contribution in [-0.2, 0) is 16.1 Å². The molecule has 24 heavy (non-hydrogen) atoms. The number of ether oxygens (including phenoxy) is 3. The molecule has 0 saturated heterocycles. The minimum atomic E-state index is -0.811. The van der Waals surface area contributed by atoms with Gasteiger partial charge in [-0.1, -0.05) is 26.0 Å². The number of benzene rings is 1. The SMILES string of the molecule is CC(C)OCCOCc1ccc(OCC(O)CN([O-])C(C)C)cc1. The third kappa shape index (κ3) is 9.20. The molecule has 0 heterocycles. The molecule has 0 aliphatic heterocycles. The molecule has 138 valence electrons. The molecular weight excluding hydrogens is 310 g/mol. The molecule has 0 amide bonds. The van der Waals surface area contributed by atoms with Gasteiger partial charge in [0, 0.05) is 6.54 Å². The standard InChI is InChI=1S/C18H30NO5/c1-14(2)19(21)11-17(20)13-24-18-7-5-16(6-8-18)12-22-9-10-23-15(3)4/h5-8,14-15,17,20H,9-13H2,1-4H3/q-1. The lowest BCUT2D eigenvalue weighted by molar-refractivity contribution is 0.0143. The third-order valence-electron chi connectivity index (χ3n) is 3.28. The smallest absolute Gasteiger partial charge is 0.119 e. The molecule has 0 aromatic heterocycles. The van der Waals surface area contributed by atoms with E-state index in [2.05, 4.69) is 0 Å². The summed E-state index contributed by atoms with van der Waals surface area (Å²) in [5.41, 5.74) is 1.04. The molecule has 1 aromatic carbocycles. The van der Waals surface area contributed by atoms with Crippen LogP contribution in [0.4, 0.5) is 0 Å². The number of hydrogen-bond donors (Lipinski definition) is 1. The van der Waals surface area contributed by atoms with Crippen LogP contribution in [0, 0.1) is 5.21 Å². The highest BCUT2D eigenvalue weighted by Gasteiger charge is 2.08. The zero-order chi connectivity index (χ0) is 17.9. The van der Waals surface area contributed by atoms with Gasteiger partial charge in [0.1, 0.15) is 12.4 Å². The van der Waals surface area contributed by atoms with Crippen LogP contribution >= 0.6 is 0 Å². The molecule has 0 aliphatic carbocycles. The first-order chi connectivity index (χ1) is 11.4. The predicted octanol–water partition coefficient (Wildman–Crippen LogP) is 2.58. The molecule has 1 unspecified atom stereocenters. The number of rotatable bonds is 12. The Balaban J connectivity index is 2.24. The Bertz CT molecular complexity index is 436. The lowest BCUT2D eigenvalue weighted by Gasteiger charge is -2.34. The van der Waals surface area contributed by atoms with Crippen molar-refractivity contribution >= 4 is 0 Å². The molecule has 1 N–H and O–H groups in total. The van der Waals surface area contributed by atoms with E-state index in [1.807, 2.05) is 38.1 Å². The van der Waals surface area contributed by atoms with Crippen molar-refractivity contribution in [2.45, 2.75) is 52.6 Å². The summed E-state index contributed by atoms with van der Waals surface area (Å²) in [5.74, 6) is 0.655. The zero-order valence-electron chi connectivity index (χ0n) is 15.1. The number of hydroxylamine groups is 2. The summed E-state index contributed by atoms with van der Waals surface area (Å²) in [6.45, 7) is 9.36. The maximum absolute atomic E-state index is 11.5. The summed E-state index contributed by atoms with van der Waals surface area (Å²) in [7, 11) is 0. The maximum Gasteiger partial charge on any atom is 0.119 e. The predicted molar refractivity (Wildman–Crippen MR) is 93.9 cm³/mol. The molecule has 6 nitrogen and oxygen atoms in total. The van der Waals surface area contributed by atoms with Crippen molar-refractivity contribution in [2.24, 2.45) is 0 Å². The lowest BCUT2D eigenvalue weighted by atomic mass is 10.2. The van der Waals surface area contributed by atoms with Gasteiger partial charge >= 0.3 is 0 Å². The summed E-state index contributed by atoms with van der Waals surface area (Å²) in [5, 5.41) is 22.1. The molecular formula is C18H30NO5-. The van der Waals surface area contributed by atoms with Crippen molar-refractivity contribution < 1.29 is 19.3 Å². The molecule has 0 saturated carbocycles. The first-order valence-electron chi connectivity index (χ1n) is 8.41. The van der Waals surface area contributed by atoms with Gasteiger partial charge < -0.3 is 29.6 Å². The van der Waals surface area contributed by atoms with Gasteiger partial charge in [0.05, 0.1) is 32.0 Å². The summed E-state index contributed by atoms with van der Waals surface area (Å²) in [4.78, 5) is 0. The fraction of sp³-hybridized carbons (Fsp3) is 0.667. The molecule has 1 atom stereocenters. The number of hydrogen-bond acceptors (Lipinski definition) is 6. The molecule has 6 heteroatoms. The largest absolute Gasteiger partial charge is 0.785 e. The van der Waals surface area contributed by atoms with Crippen LogP contribution in [0.1, 0.15) is 33.3 Å². The minimum absolute atomic E-state index is 0.0437. The summed E-state index contributed by atoms with van der Waals surface area (Å²) in [6, 6.07) is 7.34. The third-order valence-corrected chi connectivity index (χ3v) is 3.28. The second-order valence-corrected chi connectivity index (χ2v) is 6.27. The summed E-state index contributed by atoms with van der Waals surface area (Å²) in [6.07, 6.45) is -0.594. The first kappa shape index (κ1) is 20.9. The van der Waals surface area contributed by atoms with Crippen LogP contribution in [0.2, 0.25) is 0 Å². The van der Waals surface area contributed by atoms with Gasteiger partial charge in [-0.3, -0.25) is 0 Å². The number of aliphatic hydroxyl groups excluding tert-OH is 1. The quantitative estimate of drug-likeness (QED) is 0.466. The van der Waals surface area contributed by atoms with Gasteiger partial charge in [-0.25, -0.2) is 0 Å². The normalized spacial score (nSPS) is 13.0. The molecule has 0 spiro atoms. The van der Waals surface area contributed by atoms with Gasteiger partial charge in [0.15, 0.2) is 0 Å². The molecule has 0 bridgehead atoms. The highest BCUT2D eigenvalue weighted by Crippen LogP contribution is 2.13. The van der Waals surface area contributed by atoms with E-state index < -0.39 is 6.10 Å². The Kier molecular flexibility index (Phi) is 9.90. The average Bonchev–Trinajstić information content (AvgIpc) is 2.53. The van der Waals surface area contributed by atoms with E-state index in [-0.39, 0.29) is 25.3 Å². The summed E-state index contributed by atoms with van der Waals surface area (Å²) < 4.78 is 16.4. The van der Waals surface area contributed by atoms with Crippen molar-refractivity contribution in [3.05, 3.63) is 35.0 Å². The molecule has 1 rings (SSSR count). The van der Waals surface area contributed by atoms with Gasteiger partial charge in [-0.15, -0.1) is 0 Å². The van der Waals surface area contributed by atoms with E-state index in [9.17, 15) is 10.3 Å². The topological polar surface area (TPSA) is 74.2 Å². The molecule has 0 fully saturated rings. The first-order valence-corrected chi connectivity index (χ1v) is 8.41. The second kappa shape index (κ2) is 11.4. The van der Waals surface area contributed by atoms with Gasteiger partial charge in [-0.05, 0) is 37.6 Å². The monoisotopic (exact) mass is 340 g/mol. The zero-order valence-corrected chi connectivity index (χ0v) is 15.1. The van der Waals surface area contributed by atoms with Gasteiger partial charge in [-0.2, -0.15) is 0 Å². The van der Waals surface area contributed by atoms with E-state index in [1.165, 1.54) is 0 Å². The van der Waals surface area contributed by atoms with Crippen LogP contribution in [0.3, 0.4) is 0 Å². The highest BCUT2D eigenvalue weighted by molar-refractivity contribution is 5.26. The molecule has 0 aliphatic rings. The average molecular weight is 340 g/mol. The second-order valence-electron chi connectivity index (χ2n) is 6.27. The highest BCUT2D eigenvalue weighted by atomic mass is 16.5. The minimum Gasteiger partial charge on any atom is -0.785 e. The van der Waals surface area contributed by atoms with E-state index in [0.717, 1.165) is 10.6 Å².